The first-order valence-corrected chi connectivity index (χ1v) is 4.99. The van der Waals surface area contributed by atoms with Crippen molar-refractivity contribution in [3.63, 3.8) is 0 Å². The Hall–Kier alpha value is -1.39. The maximum Gasteiger partial charge on any atom is 0.322 e. The van der Waals surface area contributed by atoms with Gasteiger partial charge in [-0.1, -0.05) is 37.3 Å². The third-order valence-corrected chi connectivity index (χ3v) is 2.12. The van der Waals surface area contributed by atoms with Crippen LogP contribution < -0.4 is 10.9 Å². The molecule has 0 fully saturated rings. The van der Waals surface area contributed by atoms with Crippen molar-refractivity contribution in [2.45, 2.75) is 25.9 Å². The van der Waals surface area contributed by atoms with Crippen LogP contribution in [0.5, 0.6) is 0 Å². The molecule has 1 unspecified atom stereocenters. The van der Waals surface area contributed by atoms with Crippen molar-refractivity contribution in [2.75, 3.05) is 0 Å². The molecule has 0 saturated carbocycles. The van der Waals surface area contributed by atoms with Crippen molar-refractivity contribution in [2.24, 2.45) is 0 Å². The fourth-order valence-corrected chi connectivity index (χ4v) is 1.21. The lowest BCUT2D eigenvalue weighted by atomic mass is 10.2. The van der Waals surface area contributed by atoms with Crippen molar-refractivity contribution in [3.8, 4) is 0 Å². The van der Waals surface area contributed by atoms with Gasteiger partial charge in [0.05, 0.1) is 0 Å². The summed E-state index contributed by atoms with van der Waals surface area (Å²) in [4.78, 5) is 10.7. The van der Waals surface area contributed by atoms with Crippen LogP contribution in [-0.2, 0) is 11.3 Å². The van der Waals surface area contributed by atoms with Gasteiger partial charge in [-0.2, -0.15) is 0 Å². The predicted molar refractivity (Wildman–Crippen MR) is 58.1 cm³/mol. The molecule has 0 aromatic heterocycles. The van der Waals surface area contributed by atoms with E-state index in [0.29, 0.717) is 13.0 Å². The van der Waals surface area contributed by atoms with Crippen molar-refractivity contribution in [3.05, 3.63) is 35.9 Å². The van der Waals surface area contributed by atoms with Crippen LogP contribution in [0.3, 0.4) is 0 Å². The molecule has 1 aromatic carbocycles. The Labute approximate surface area is 89.3 Å². The van der Waals surface area contributed by atoms with Crippen molar-refractivity contribution in [1.82, 2.24) is 10.9 Å². The number of hydrazine groups is 1. The van der Waals surface area contributed by atoms with Gasteiger partial charge < -0.3 is 5.11 Å². The highest BCUT2D eigenvalue weighted by Crippen LogP contribution is 1.96. The molecule has 0 saturated heterocycles. The molecular weight excluding hydrogens is 192 g/mol. The zero-order valence-corrected chi connectivity index (χ0v) is 8.73. The molecule has 3 N–H and O–H groups in total. The van der Waals surface area contributed by atoms with Crippen LogP contribution in [0, 0.1) is 0 Å². The zero-order valence-electron chi connectivity index (χ0n) is 8.73. The summed E-state index contributed by atoms with van der Waals surface area (Å²) < 4.78 is 0. The molecule has 4 nitrogen and oxygen atoms in total. The molecule has 0 radical (unpaired) electrons. The van der Waals surface area contributed by atoms with Gasteiger partial charge >= 0.3 is 5.97 Å². The first-order chi connectivity index (χ1) is 7.24. The van der Waals surface area contributed by atoms with E-state index in [1.807, 2.05) is 37.3 Å². The van der Waals surface area contributed by atoms with E-state index in [0.717, 1.165) is 5.56 Å². The quantitative estimate of drug-likeness (QED) is 0.614. The van der Waals surface area contributed by atoms with E-state index in [-0.39, 0.29) is 0 Å². The van der Waals surface area contributed by atoms with E-state index in [4.69, 9.17) is 5.11 Å². The van der Waals surface area contributed by atoms with Crippen molar-refractivity contribution < 1.29 is 9.90 Å². The zero-order chi connectivity index (χ0) is 11.1. The fourth-order valence-electron chi connectivity index (χ4n) is 1.21. The van der Waals surface area contributed by atoms with Crippen LogP contribution in [0.15, 0.2) is 30.3 Å². The number of hydrogen-bond donors (Lipinski definition) is 3. The number of carbonyl (C=O) groups is 1. The lowest BCUT2D eigenvalue weighted by molar-refractivity contribution is -0.139. The summed E-state index contributed by atoms with van der Waals surface area (Å²) in [6.07, 6.45) is 0.553. The second-order valence-electron chi connectivity index (χ2n) is 3.28. The average Bonchev–Trinajstić information content (AvgIpc) is 2.25. The predicted octanol–water partition coefficient (Wildman–Crippen LogP) is 1.14. The Bertz CT molecular complexity index is 301. The van der Waals surface area contributed by atoms with E-state index < -0.39 is 12.0 Å². The van der Waals surface area contributed by atoms with Gasteiger partial charge in [0.1, 0.15) is 6.04 Å². The molecule has 1 aromatic rings. The summed E-state index contributed by atoms with van der Waals surface area (Å²) >= 11 is 0. The van der Waals surface area contributed by atoms with Gasteiger partial charge in [0.15, 0.2) is 0 Å². The topological polar surface area (TPSA) is 61.4 Å². The highest BCUT2D eigenvalue weighted by atomic mass is 16.4. The molecule has 0 aliphatic rings. The third kappa shape index (κ3) is 4.10. The molecule has 1 atom stereocenters. The van der Waals surface area contributed by atoms with Crippen LogP contribution >= 0.6 is 0 Å². The van der Waals surface area contributed by atoms with Crippen LogP contribution in [0.2, 0.25) is 0 Å². The lowest BCUT2D eigenvalue weighted by Gasteiger charge is -2.13. The summed E-state index contributed by atoms with van der Waals surface area (Å²) in [6, 6.07) is 9.28. The average molecular weight is 208 g/mol. The lowest BCUT2D eigenvalue weighted by Crippen LogP contribution is -2.44. The molecular formula is C11H16N2O2. The first-order valence-electron chi connectivity index (χ1n) is 4.99. The molecule has 82 valence electrons. The second-order valence-corrected chi connectivity index (χ2v) is 3.28. The third-order valence-electron chi connectivity index (χ3n) is 2.12. The summed E-state index contributed by atoms with van der Waals surface area (Å²) in [5, 5.41) is 8.77. The molecule has 15 heavy (non-hydrogen) atoms. The Balaban J connectivity index is 2.30. The number of rotatable bonds is 6. The van der Waals surface area contributed by atoms with Gasteiger partial charge in [0.2, 0.25) is 0 Å². The summed E-state index contributed by atoms with van der Waals surface area (Å²) in [7, 11) is 0. The number of carboxylic acids is 1. The molecule has 4 heteroatoms. The number of hydrogen-bond acceptors (Lipinski definition) is 3. The Morgan fingerprint density at radius 2 is 2.07 bits per heavy atom. The minimum absolute atomic E-state index is 0.534. The maximum absolute atomic E-state index is 10.7. The normalized spacial score (nSPS) is 12.3. The van der Waals surface area contributed by atoms with Gasteiger partial charge in [0, 0.05) is 6.54 Å². The van der Waals surface area contributed by atoms with E-state index in [9.17, 15) is 4.79 Å². The first kappa shape index (κ1) is 11.7. The highest BCUT2D eigenvalue weighted by molar-refractivity contribution is 5.73. The summed E-state index contributed by atoms with van der Waals surface area (Å²) in [5.41, 5.74) is 6.79. The monoisotopic (exact) mass is 208 g/mol. The summed E-state index contributed by atoms with van der Waals surface area (Å²) in [5.74, 6) is -0.835. The number of carboxylic acid groups (broad SMARTS) is 1. The second kappa shape index (κ2) is 6.16. The molecule has 0 bridgehead atoms. The minimum atomic E-state index is -0.835. The number of benzene rings is 1. The molecule has 0 amide bonds. The fraction of sp³-hybridized carbons (Fsp3) is 0.364. The SMILES string of the molecule is CCC(NNCc1ccccc1)C(=O)O. The van der Waals surface area contributed by atoms with Crippen molar-refractivity contribution in [1.29, 1.82) is 0 Å². The molecule has 0 spiro atoms. The van der Waals surface area contributed by atoms with Crippen LogP contribution in [-0.4, -0.2) is 17.1 Å². The summed E-state index contributed by atoms with van der Waals surface area (Å²) in [6.45, 7) is 2.45. The van der Waals surface area contributed by atoms with Gasteiger partial charge in [-0.3, -0.25) is 10.2 Å². The Kier molecular flexibility index (Phi) is 4.80. The van der Waals surface area contributed by atoms with Gasteiger partial charge in [-0.15, -0.1) is 0 Å². The van der Waals surface area contributed by atoms with E-state index in [1.54, 1.807) is 0 Å². The number of aliphatic carboxylic acids is 1. The Morgan fingerprint density at radius 3 is 2.60 bits per heavy atom. The van der Waals surface area contributed by atoms with Crippen LogP contribution in [0.25, 0.3) is 0 Å². The van der Waals surface area contributed by atoms with E-state index in [2.05, 4.69) is 10.9 Å². The molecule has 0 heterocycles. The van der Waals surface area contributed by atoms with E-state index in [1.165, 1.54) is 0 Å². The number of nitrogens with one attached hydrogen (secondary N) is 2. The van der Waals surface area contributed by atoms with Crippen molar-refractivity contribution >= 4 is 5.97 Å². The van der Waals surface area contributed by atoms with Crippen LogP contribution in [0.1, 0.15) is 18.9 Å². The highest BCUT2D eigenvalue weighted by Gasteiger charge is 2.12. The molecule has 0 aliphatic carbocycles. The largest absolute Gasteiger partial charge is 0.480 e. The standard InChI is InChI=1S/C11H16N2O2/c1-2-10(11(14)15)13-12-8-9-6-4-3-5-7-9/h3-7,10,12-13H,2,8H2,1H3,(H,14,15). The van der Waals surface area contributed by atoms with Gasteiger partial charge in [-0.25, -0.2) is 5.43 Å². The van der Waals surface area contributed by atoms with Gasteiger partial charge in [0.25, 0.3) is 0 Å². The van der Waals surface area contributed by atoms with E-state index >= 15 is 0 Å². The van der Waals surface area contributed by atoms with Crippen LogP contribution in [0.4, 0.5) is 0 Å². The van der Waals surface area contributed by atoms with Gasteiger partial charge in [-0.05, 0) is 12.0 Å². The minimum Gasteiger partial charge on any atom is -0.480 e. The Morgan fingerprint density at radius 1 is 1.40 bits per heavy atom. The maximum atomic E-state index is 10.7. The molecule has 1 rings (SSSR count). The smallest absolute Gasteiger partial charge is 0.322 e. The molecule has 0 aliphatic heterocycles.